The summed E-state index contributed by atoms with van der Waals surface area (Å²) in [6.07, 6.45) is 0.841. The minimum absolute atomic E-state index is 0.0405. The van der Waals surface area contributed by atoms with E-state index in [1.54, 1.807) is 6.07 Å². The fourth-order valence-electron chi connectivity index (χ4n) is 3.18. The molecule has 0 saturated carbocycles. The van der Waals surface area contributed by atoms with Crippen LogP contribution >= 0.6 is 0 Å². The van der Waals surface area contributed by atoms with Crippen molar-refractivity contribution in [2.75, 3.05) is 0 Å². The summed E-state index contributed by atoms with van der Waals surface area (Å²) in [7, 11) is 0. The lowest BCUT2D eigenvalue weighted by Gasteiger charge is -2.21. The molecule has 130 valence electrons. The molecule has 4 nitrogen and oxygen atoms in total. The van der Waals surface area contributed by atoms with Gasteiger partial charge in [0.1, 0.15) is 5.75 Å². The van der Waals surface area contributed by atoms with Crippen LogP contribution in [0.25, 0.3) is 11.1 Å². The number of H-pyrrole nitrogens is 1. The maximum absolute atomic E-state index is 10.3. The Morgan fingerprint density at radius 3 is 2.48 bits per heavy atom. The molecule has 0 aliphatic heterocycles. The van der Waals surface area contributed by atoms with Crippen LogP contribution in [-0.4, -0.2) is 21.3 Å². The van der Waals surface area contributed by atoms with E-state index >= 15 is 0 Å². The Balaban J connectivity index is 1.73. The number of nitrogens with zero attached hydrogens (tertiary/aromatic N) is 1. The predicted molar refractivity (Wildman–Crippen MR) is 102 cm³/mol. The molecule has 1 heterocycles. The average Bonchev–Trinajstić information content (AvgIpc) is 3.00. The third kappa shape index (κ3) is 4.28. The first-order valence-corrected chi connectivity index (χ1v) is 8.68. The van der Waals surface area contributed by atoms with Crippen LogP contribution in [0.5, 0.6) is 5.75 Å². The van der Waals surface area contributed by atoms with E-state index in [-0.39, 0.29) is 12.1 Å². The molecule has 3 aromatic rings. The Morgan fingerprint density at radius 1 is 1.04 bits per heavy atom. The van der Waals surface area contributed by atoms with Gasteiger partial charge in [-0.1, -0.05) is 36.4 Å². The van der Waals surface area contributed by atoms with Gasteiger partial charge in [0.25, 0.3) is 0 Å². The lowest BCUT2D eigenvalue weighted by atomic mass is 9.98. The molecule has 25 heavy (non-hydrogen) atoms. The number of aromatic amines is 1. The van der Waals surface area contributed by atoms with Crippen molar-refractivity contribution in [3.8, 4) is 16.9 Å². The zero-order chi connectivity index (χ0) is 17.8. The Bertz CT molecular complexity index is 826. The fraction of sp³-hybridized carbons (Fsp3) is 0.286. The van der Waals surface area contributed by atoms with Crippen molar-refractivity contribution in [2.45, 2.75) is 39.3 Å². The maximum Gasteiger partial charge on any atom is 0.120 e. The third-order valence-corrected chi connectivity index (χ3v) is 4.41. The number of phenols is 1. The molecule has 1 aromatic heterocycles. The van der Waals surface area contributed by atoms with Crippen molar-refractivity contribution < 1.29 is 5.11 Å². The first-order valence-electron chi connectivity index (χ1n) is 8.68. The molecule has 3 N–H and O–H groups in total. The van der Waals surface area contributed by atoms with Gasteiger partial charge in [0.05, 0.1) is 5.69 Å². The van der Waals surface area contributed by atoms with E-state index in [1.165, 1.54) is 0 Å². The minimum atomic E-state index is 0.0405. The quantitative estimate of drug-likeness (QED) is 0.627. The number of aryl methyl sites for hydroxylation is 1. The van der Waals surface area contributed by atoms with Crippen LogP contribution in [-0.2, 0) is 6.42 Å². The Hall–Kier alpha value is -2.59. The van der Waals surface area contributed by atoms with Crippen LogP contribution in [0.4, 0.5) is 0 Å². The molecule has 3 rings (SSSR count). The topological polar surface area (TPSA) is 60.9 Å². The number of aromatic hydroxyl groups is 1. The summed E-state index contributed by atoms with van der Waals surface area (Å²) in [5, 5.41) is 21.1. The second-order valence-corrected chi connectivity index (χ2v) is 6.68. The van der Waals surface area contributed by atoms with E-state index in [4.69, 9.17) is 0 Å². The zero-order valence-corrected chi connectivity index (χ0v) is 15.0. The molecule has 0 amide bonds. The number of phenolic OH excluding ortho intramolecular Hbond substituents is 1. The summed E-state index contributed by atoms with van der Waals surface area (Å²) >= 11 is 0. The van der Waals surface area contributed by atoms with E-state index < -0.39 is 0 Å². The highest BCUT2D eigenvalue weighted by molar-refractivity contribution is 5.65. The van der Waals surface area contributed by atoms with Crippen LogP contribution in [0.3, 0.4) is 0 Å². The number of hydrogen-bond donors (Lipinski definition) is 3. The summed E-state index contributed by atoms with van der Waals surface area (Å²) < 4.78 is 0. The van der Waals surface area contributed by atoms with E-state index in [0.717, 1.165) is 34.5 Å². The molecule has 0 fully saturated rings. The highest BCUT2D eigenvalue weighted by atomic mass is 16.3. The summed E-state index contributed by atoms with van der Waals surface area (Å²) in [5.74, 6) is 0.322. The first-order chi connectivity index (χ1) is 12.0. The molecule has 0 spiro atoms. The van der Waals surface area contributed by atoms with Crippen molar-refractivity contribution >= 4 is 0 Å². The van der Waals surface area contributed by atoms with Gasteiger partial charge in [0.2, 0.25) is 0 Å². The van der Waals surface area contributed by atoms with Crippen molar-refractivity contribution in [2.24, 2.45) is 0 Å². The van der Waals surface area contributed by atoms with Gasteiger partial charge in [-0.15, -0.1) is 0 Å². The molecule has 0 saturated heterocycles. The molecular formula is C21H25N3O. The predicted octanol–water partition coefficient (Wildman–Crippen LogP) is 4.37. The zero-order valence-electron chi connectivity index (χ0n) is 15.0. The van der Waals surface area contributed by atoms with Gasteiger partial charge in [-0.05, 0) is 50.1 Å². The summed E-state index contributed by atoms with van der Waals surface area (Å²) in [6.45, 7) is 6.22. The second-order valence-electron chi connectivity index (χ2n) is 6.68. The van der Waals surface area contributed by atoms with Gasteiger partial charge in [-0.3, -0.25) is 5.10 Å². The first kappa shape index (κ1) is 17.2. The van der Waals surface area contributed by atoms with Crippen molar-refractivity contribution in [3.63, 3.8) is 0 Å². The standard InChI is InChI=1S/C21H25N3O/c1-14(11-19-12-15(2)23-24-19)22-16(3)20-13-18(9-10-21(20)25)17-7-5-4-6-8-17/h4-10,12-14,16,22,25H,11H2,1-3H3,(H,23,24). The van der Waals surface area contributed by atoms with E-state index in [0.29, 0.717) is 5.75 Å². The van der Waals surface area contributed by atoms with Crippen molar-refractivity contribution in [1.82, 2.24) is 15.5 Å². The lowest BCUT2D eigenvalue weighted by Crippen LogP contribution is -2.30. The van der Waals surface area contributed by atoms with Crippen LogP contribution in [0.2, 0.25) is 0 Å². The maximum atomic E-state index is 10.3. The average molecular weight is 335 g/mol. The van der Waals surface area contributed by atoms with Crippen LogP contribution in [0, 0.1) is 6.92 Å². The number of nitrogens with one attached hydrogen (secondary N) is 2. The smallest absolute Gasteiger partial charge is 0.120 e. The molecule has 2 atom stereocenters. The van der Waals surface area contributed by atoms with Gasteiger partial charge >= 0.3 is 0 Å². The normalized spacial score (nSPS) is 13.6. The van der Waals surface area contributed by atoms with Gasteiger partial charge < -0.3 is 10.4 Å². The van der Waals surface area contributed by atoms with Gasteiger partial charge in [0, 0.05) is 29.8 Å². The summed E-state index contributed by atoms with van der Waals surface area (Å²) in [5.41, 5.74) is 5.29. The Kier molecular flexibility index (Phi) is 5.19. The molecular weight excluding hydrogens is 310 g/mol. The van der Waals surface area contributed by atoms with Gasteiger partial charge in [0.15, 0.2) is 0 Å². The highest BCUT2D eigenvalue weighted by Gasteiger charge is 2.15. The molecule has 2 aromatic carbocycles. The number of benzene rings is 2. The lowest BCUT2D eigenvalue weighted by molar-refractivity contribution is 0.432. The molecule has 0 bridgehead atoms. The number of aromatic nitrogens is 2. The van der Waals surface area contributed by atoms with Crippen molar-refractivity contribution in [3.05, 3.63) is 71.5 Å². The molecule has 0 radical (unpaired) electrons. The fourth-order valence-corrected chi connectivity index (χ4v) is 3.18. The Morgan fingerprint density at radius 2 is 1.80 bits per heavy atom. The molecule has 2 unspecified atom stereocenters. The third-order valence-electron chi connectivity index (χ3n) is 4.41. The summed E-state index contributed by atoms with van der Waals surface area (Å²) in [6, 6.07) is 18.4. The van der Waals surface area contributed by atoms with E-state index in [9.17, 15) is 5.11 Å². The molecule has 4 heteroatoms. The van der Waals surface area contributed by atoms with Crippen LogP contribution in [0.1, 0.15) is 36.8 Å². The second kappa shape index (κ2) is 7.53. The molecule has 0 aliphatic carbocycles. The minimum Gasteiger partial charge on any atom is -0.508 e. The number of hydrogen-bond acceptors (Lipinski definition) is 3. The molecule has 0 aliphatic rings. The van der Waals surface area contributed by atoms with Crippen LogP contribution in [0.15, 0.2) is 54.6 Å². The monoisotopic (exact) mass is 335 g/mol. The van der Waals surface area contributed by atoms with E-state index in [1.807, 2.05) is 31.2 Å². The number of rotatable bonds is 6. The SMILES string of the molecule is Cc1cc(CC(C)NC(C)c2cc(-c3ccccc3)ccc2O)n[nH]1. The van der Waals surface area contributed by atoms with Crippen molar-refractivity contribution in [1.29, 1.82) is 0 Å². The highest BCUT2D eigenvalue weighted by Crippen LogP contribution is 2.30. The van der Waals surface area contributed by atoms with E-state index in [2.05, 4.69) is 53.6 Å². The largest absolute Gasteiger partial charge is 0.508 e. The van der Waals surface area contributed by atoms with Crippen LogP contribution < -0.4 is 5.32 Å². The summed E-state index contributed by atoms with van der Waals surface area (Å²) in [4.78, 5) is 0. The Labute approximate surface area is 148 Å². The van der Waals surface area contributed by atoms with Gasteiger partial charge in [-0.25, -0.2) is 0 Å². The van der Waals surface area contributed by atoms with Gasteiger partial charge in [-0.2, -0.15) is 5.10 Å².